The highest BCUT2D eigenvalue weighted by atomic mass is 32.2. The molecule has 0 radical (unpaired) electrons. The number of benzene rings is 1. The number of fused-ring (bicyclic) bond motifs is 5. The molecule has 2 aromatic heterocycles. The Labute approximate surface area is 133 Å². The van der Waals surface area contributed by atoms with Crippen LogP contribution in [0.1, 0.15) is 22.4 Å². The Morgan fingerprint density at radius 1 is 1.27 bits per heavy atom. The summed E-state index contributed by atoms with van der Waals surface area (Å²) in [6, 6.07) is 6.44. The lowest BCUT2D eigenvalue weighted by Crippen LogP contribution is -2.42. The van der Waals surface area contributed by atoms with E-state index in [0.717, 1.165) is 28.5 Å². The highest BCUT2D eigenvalue weighted by Crippen LogP contribution is 2.33. The van der Waals surface area contributed by atoms with E-state index in [1.807, 2.05) is 0 Å². The zero-order valence-electron chi connectivity index (χ0n) is 13.2. The molecule has 22 heavy (non-hydrogen) atoms. The van der Waals surface area contributed by atoms with Gasteiger partial charge in [-0.2, -0.15) is 3.97 Å². The summed E-state index contributed by atoms with van der Waals surface area (Å²) in [4.78, 5) is 4.86. The third-order valence-corrected chi connectivity index (χ3v) is 5.27. The van der Waals surface area contributed by atoms with E-state index in [1.165, 1.54) is 22.3 Å². The first-order chi connectivity index (χ1) is 10.6. The summed E-state index contributed by atoms with van der Waals surface area (Å²) in [5.74, 6) is 2.86. The van der Waals surface area contributed by atoms with Crippen molar-refractivity contribution in [3.63, 3.8) is 0 Å². The van der Waals surface area contributed by atoms with Crippen LogP contribution in [0.3, 0.4) is 0 Å². The maximum Gasteiger partial charge on any atom is 0.415 e. The number of imidazole rings is 1. The zero-order chi connectivity index (χ0) is 15.4. The maximum atomic E-state index is 5.55. The van der Waals surface area contributed by atoms with Crippen LogP contribution in [0.5, 0.6) is 5.75 Å². The van der Waals surface area contributed by atoms with Crippen LogP contribution in [-0.2, 0) is 5.75 Å². The summed E-state index contributed by atoms with van der Waals surface area (Å²) < 4.78 is 9.99. The Bertz CT molecular complexity index is 914. The fourth-order valence-corrected chi connectivity index (χ4v) is 4.31. The van der Waals surface area contributed by atoms with Crippen molar-refractivity contribution in [3.05, 3.63) is 46.8 Å². The molecule has 0 amide bonds. The molecular weight excluding hydrogens is 294 g/mol. The molecule has 5 heteroatoms. The molecule has 1 aliphatic rings. The van der Waals surface area contributed by atoms with Gasteiger partial charge in [0.15, 0.2) is 11.0 Å². The van der Waals surface area contributed by atoms with Gasteiger partial charge in [-0.15, -0.1) is 0 Å². The zero-order valence-corrected chi connectivity index (χ0v) is 14.0. The van der Waals surface area contributed by atoms with Gasteiger partial charge in [-0.1, -0.05) is 11.1 Å². The Morgan fingerprint density at radius 2 is 2.09 bits per heavy atom. The lowest BCUT2D eigenvalue weighted by Gasteiger charge is -2.18. The minimum Gasteiger partial charge on any atom is -0.496 e. The van der Waals surface area contributed by atoms with Crippen LogP contribution in [0.2, 0.25) is 0 Å². The first-order valence-electron chi connectivity index (χ1n) is 7.31. The van der Waals surface area contributed by atoms with Crippen LogP contribution < -0.4 is 9.30 Å². The summed E-state index contributed by atoms with van der Waals surface area (Å²) in [7, 11) is 1.74. The maximum absolute atomic E-state index is 5.55. The molecule has 112 valence electrons. The number of rotatable bonds is 1. The SMILES string of the molecule is COc1c(C)c[n+]2c(c1C)CSn1c-2nc2cc(C)ccc21. The number of nitrogens with zero attached hydrogens (tertiary/aromatic N) is 3. The molecule has 0 atom stereocenters. The van der Waals surface area contributed by atoms with Crippen molar-refractivity contribution in [1.82, 2.24) is 8.96 Å². The second-order valence-corrected chi connectivity index (χ2v) is 6.67. The first kappa shape index (κ1) is 13.6. The van der Waals surface area contributed by atoms with Crippen LogP contribution in [0, 0.1) is 20.8 Å². The quantitative estimate of drug-likeness (QED) is 0.646. The molecule has 3 aromatic rings. The molecule has 4 rings (SSSR count). The lowest BCUT2D eigenvalue weighted by atomic mass is 10.1. The van der Waals surface area contributed by atoms with Crippen LogP contribution in [0.15, 0.2) is 24.4 Å². The topological polar surface area (TPSA) is 30.9 Å². The standard InChI is InChI=1S/C17H18N3OS/c1-10-5-6-14-13(7-10)18-17-19-8-11(2)16(21-4)12(3)15(19)9-22-20(14)17/h5-8H,9H2,1-4H3/q+1. The summed E-state index contributed by atoms with van der Waals surface area (Å²) in [5, 5.41) is 0. The molecule has 4 nitrogen and oxygen atoms in total. The van der Waals surface area contributed by atoms with Crippen LogP contribution in [0.25, 0.3) is 17.0 Å². The minimum absolute atomic E-state index is 0.912. The molecule has 0 saturated carbocycles. The van der Waals surface area contributed by atoms with Gasteiger partial charge in [0.25, 0.3) is 0 Å². The molecule has 0 bridgehead atoms. The van der Waals surface area contributed by atoms with Crippen molar-refractivity contribution in [1.29, 1.82) is 0 Å². The van der Waals surface area contributed by atoms with Crippen LogP contribution in [0.4, 0.5) is 0 Å². The fourth-order valence-electron chi connectivity index (χ4n) is 3.17. The lowest BCUT2D eigenvalue weighted by molar-refractivity contribution is -0.613. The van der Waals surface area contributed by atoms with Gasteiger partial charge in [-0.3, -0.25) is 0 Å². The van der Waals surface area contributed by atoms with Gasteiger partial charge in [-0.25, -0.2) is 4.57 Å². The van der Waals surface area contributed by atoms with E-state index < -0.39 is 0 Å². The average molecular weight is 312 g/mol. The number of ether oxygens (including phenoxy) is 1. The number of methoxy groups -OCH3 is 1. The predicted molar refractivity (Wildman–Crippen MR) is 88.7 cm³/mol. The Hall–Kier alpha value is -2.01. The fraction of sp³-hybridized carbons (Fsp3) is 0.294. The van der Waals surface area contributed by atoms with Crippen molar-refractivity contribution >= 4 is 23.0 Å². The Balaban J connectivity index is 2.03. The first-order valence-corrected chi connectivity index (χ1v) is 8.26. The van der Waals surface area contributed by atoms with Crippen molar-refractivity contribution in [3.8, 4) is 11.7 Å². The van der Waals surface area contributed by atoms with Gasteiger partial charge in [0.2, 0.25) is 0 Å². The summed E-state index contributed by atoms with van der Waals surface area (Å²) >= 11 is 1.79. The van der Waals surface area contributed by atoms with Gasteiger partial charge in [-0.05, 0) is 38.5 Å². The minimum atomic E-state index is 0.912. The third kappa shape index (κ3) is 1.78. The van der Waals surface area contributed by atoms with Crippen molar-refractivity contribution in [2.45, 2.75) is 26.5 Å². The molecule has 3 heterocycles. The molecule has 0 N–H and O–H groups in total. The predicted octanol–water partition coefficient (Wildman–Crippen LogP) is 3.26. The summed E-state index contributed by atoms with van der Waals surface area (Å²) in [6.45, 7) is 6.31. The van der Waals surface area contributed by atoms with E-state index in [4.69, 9.17) is 9.72 Å². The molecular formula is C17H18N3OS+. The smallest absolute Gasteiger partial charge is 0.415 e. The van der Waals surface area contributed by atoms with Gasteiger partial charge < -0.3 is 4.74 Å². The summed E-state index contributed by atoms with van der Waals surface area (Å²) in [6.07, 6.45) is 2.13. The van der Waals surface area contributed by atoms with E-state index in [9.17, 15) is 0 Å². The molecule has 1 aromatic carbocycles. The molecule has 0 fully saturated rings. The van der Waals surface area contributed by atoms with Gasteiger partial charge >= 0.3 is 5.95 Å². The Morgan fingerprint density at radius 3 is 2.86 bits per heavy atom. The summed E-state index contributed by atoms with van der Waals surface area (Å²) in [5.41, 5.74) is 7.05. The Kier molecular flexibility index (Phi) is 2.94. The van der Waals surface area contributed by atoms with Crippen molar-refractivity contribution < 1.29 is 9.30 Å². The van der Waals surface area contributed by atoms with Gasteiger partial charge in [0.05, 0.1) is 19.1 Å². The largest absolute Gasteiger partial charge is 0.496 e. The number of aryl methyl sites for hydroxylation is 2. The number of hydrogen-bond acceptors (Lipinski definition) is 3. The van der Waals surface area contributed by atoms with Crippen molar-refractivity contribution in [2.24, 2.45) is 0 Å². The van der Waals surface area contributed by atoms with Gasteiger partial charge in [0, 0.05) is 23.1 Å². The second kappa shape index (κ2) is 4.74. The average Bonchev–Trinajstić information content (AvgIpc) is 2.85. The number of aromatic nitrogens is 3. The van der Waals surface area contributed by atoms with Gasteiger partial charge in [0.1, 0.15) is 11.4 Å². The van der Waals surface area contributed by atoms with E-state index >= 15 is 0 Å². The highest BCUT2D eigenvalue weighted by Gasteiger charge is 2.31. The highest BCUT2D eigenvalue weighted by molar-refractivity contribution is 7.97. The number of hydrogen-bond donors (Lipinski definition) is 0. The molecule has 0 aliphatic carbocycles. The van der Waals surface area contributed by atoms with E-state index in [0.29, 0.717) is 0 Å². The van der Waals surface area contributed by atoms with E-state index in [2.05, 4.69) is 53.7 Å². The van der Waals surface area contributed by atoms with Crippen molar-refractivity contribution in [2.75, 3.05) is 7.11 Å². The van der Waals surface area contributed by atoms with Crippen LogP contribution in [-0.4, -0.2) is 16.1 Å². The number of pyridine rings is 1. The second-order valence-electron chi connectivity index (χ2n) is 5.76. The molecule has 0 spiro atoms. The molecule has 0 unspecified atom stereocenters. The third-order valence-electron chi connectivity index (χ3n) is 4.25. The van der Waals surface area contributed by atoms with Crippen LogP contribution >= 0.6 is 11.9 Å². The normalized spacial score (nSPS) is 13.1. The van der Waals surface area contributed by atoms with E-state index in [-0.39, 0.29) is 0 Å². The molecule has 0 saturated heterocycles. The molecule has 1 aliphatic heterocycles. The monoisotopic (exact) mass is 312 g/mol. The van der Waals surface area contributed by atoms with E-state index in [1.54, 1.807) is 19.1 Å².